The average Bonchev–Trinajstić information content (AvgIpc) is 2.19. The lowest BCUT2D eigenvalue weighted by molar-refractivity contribution is -0.386. The molecule has 0 saturated carbocycles. The molecule has 1 heterocycles. The van der Waals surface area contributed by atoms with Crippen molar-refractivity contribution >= 4 is 11.6 Å². The molecule has 7 heteroatoms. The number of hydrogen-bond acceptors (Lipinski definition) is 4. The van der Waals surface area contributed by atoms with Crippen LogP contribution >= 0.6 is 0 Å². The number of amides is 1. The van der Waals surface area contributed by atoms with Gasteiger partial charge in [-0.25, -0.2) is 0 Å². The summed E-state index contributed by atoms with van der Waals surface area (Å²) in [7, 11) is 1.34. The van der Waals surface area contributed by atoms with E-state index >= 15 is 0 Å². The summed E-state index contributed by atoms with van der Waals surface area (Å²) in [5, 5.41) is 10.9. The molecule has 0 atom stereocenters. The van der Waals surface area contributed by atoms with Crippen molar-refractivity contribution in [1.82, 2.24) is 4.57 Å². The van der Waals surface area contributed by atoms with Gasteiger partial charge in [-0.1, -0.05) is 13.8 Å². The molecule has 0 unspecified atom stereocenters. The lowest BCUT2D eigenvalue weighted by Crippen LogP contribution is -2.31. The van der Waals surface area contributed by atoms with E-state index in [4.69, 9.17) is 5.73 Å². The summed E-state index contributed by atoms with van der Waals surface area (Å²) in [5.41, 5.74) is 4.01. The molecule has 17 heavy (non-hydrogen) atoms. The molecular weight excluding hydrogens is 226 g/mol. The predicted octanol–water partition coefficient (Wildman–Crippen LogP) is 0.516. The van der Waals surface area contributed by atoms with Crippen LogP contribution in [0.25, 0.3) is 0 Å². The minimum Gasteiger partial charge on any atom is -0.365 e. The monoisotopic (exact) mass is 239 g/mol. The number of nitro groups is 1. The van der Waals surface area contributed by atoms with Crippen LogP contribution in [0.1, 0.15) is 35.7 Å². The van der Waals surface area contributed by atoms with Gasteiger partial charge in [0, 0.05) is 7.05 Å². The zero-order valence-corrected chi connectivity index (χ0v) is 9.76. The number of carbonyl (C=O) groups excluding carboxylic acids is 1. The minimum atomic E-state index is -0.946. The second-order valence-electron chi connectivity index (χ2n) is 4.00. The number of primary amides is 1. The predicted molar refractivity (Wildman–Crippen MR) is 60.9 cm³/mol. The van der Waals surface area contributed by atoms with Crippen LogP contribution in [0.5, 0.6) is 0 Å². The molecule has 0 bridgehead atoms. The van der Waals surface area contributed by atoms with E-state index in [1.165, 1.54) is 7.05 Å². The molecule has 0 spiro atoms. The summed E-state index contributed by atoms with van der Waals surface area (Å²) in [6, 6.07) is 0. The Hall–Kier alpha value is -2.18. The smallest absolute Gasteiger partial charge is 0.289 e. The van der Waals surface area contributed by atoms with Crippen LogP contribution in [0.2, 0.25) is 0 Å². The van der Waals surface area contributed by atoms with Gasteiger partial charge in [-0.3, -0.25) is 19.7 Å². The van der Waals surface area contributed by atoms with Crippen LogP contribution in [0.15, 0.2) is 11.0 Å². The van der Waals surface area contributed by atoms with E-state index in [2.05, 4.69) is 0 Å². The first-order valence-electron chi connectivity index (χ1n) is 4.95. The highest BCUT2D eigenvalue weighted by atomic mass is 16.6. The van der Waals surface area contributed by atoms with Crippen LogP contribution in [-0.4, -0.2) is 15.4 Å². The number of aromatic nitrogens is 1. The molecule has 1 aromatic rings. The summed E-state index contributed by atoms with van der Waals surface area (Å²) in [6.45, 7) is 3.32. The van der Waals surface area contributed by atoms with E-state index in [1.54, 1.807) is 13.8 Å². The highest BCUT2D eigenvalue weighted by molar-refractivity contribution is 5.95. The van der Waals surface area contributed by atoms with Crippen LogP contribution < -0.4 is 11.3 Å². The van der Waals surface area contributed by atoms with E-state index in [-0.39, 0.29) is 22.7 Å². The van der Waals surface area contributed by atoms with Gasteiger partial charge in [-0.15, -0.1) is 0 Å². The van der Waals surface area contributed by atoms with Crippen molar-refractivity contribution in [2.45, 2.75) is 19.8 Å². The number of nitrogens with zero attached hydrogens (tertiary/aromatic N) is 2. The standard InChI is InChI=1S/C10H13N3O4/c1-5(2)7-6(13(16)17)4-12(3)10(15)8(7)9(11)14/h4-5H,1-3H3,(H2,11,14). The second-order valence-corrected chi connectivity index (χ2v) is 4.00. The lowest BCUT2D eigenvalue weighted by Gasteiger charge is -2.11. The molecule has 7 nitrogen and oxygen atoms in total. The number of carbonyl (C=O) groups is 1. The summed E-state index contributed by atoms with van der Waals surface area (Å²) >= 11 is 0. The second kappa shape index (κ2) is 4.36. The van der Waals surface area contributed by atoms with Gasteiger partial charge in [-0.05, 0) is 5.92 Å². The molecule has 1 rings (SSSR count). The average molecular weight is 239 g/mol. The Morgan fingerprint density at radius 1 is 1.53 bits per heavy atom. The zero-order valence-electron chi connectivity index (χ0n) is 9.76. The minimum absolute atomic E-state index is 0.0885. The third-order valence-corrected chi connectivity index (χ3v) is 2.42. The SMILES string of the molecule is CC(C)c1c([N+](=O)[O-])cn(C)c(=O)c1C(N)=O. The normalized spacial score (nSPS) is 10.6. The number of rotatable bonds is 3. The molecule has 0 aliphatic rings. The molecule has 92 valence electrons. The number of pyridine rings is 1. The third kappa shape index (κ3) is 2.17. The van der Waals surface area contributed by atoms with Crippen molar-refractivity contribution < 1.29 is 9.72 Å². The zero-order chi connectivity index (χ0) is 13.3. The van der Waals surface area contributed by atoms with Gasteiger partial charge in [-0.2, -0.15) is 0 Å². The lowest BCUT2D eigenvalue weighted by atomic mass is 9.96. The molecule has 0 fully saturated rings. The van der Waals surface area contributed by atoms with Gasteiger partial charge in [0.05, 0.1) is 16.7 Å². The molecule has 0 aliphatic carbocycles. The summed E-state index contributed by atoms with van der Waals surface area (Å²) < 4.78 is 0.990. The van der Waals surface area contributed by atoms with E-state index in [9.17, 15) is 19.7 Å². The number of aryl methyl sites for hydroxylation is 1. The van der Waals surface area contributed by atoms with Crippen LogP contribution in [0.4, 0.5) is 5.69 Å². The quantitative estimate of drug-likeness (QED) is 0.612. The summed E-state index contributed by atoms with van der Waals surface area (Å²) in [6.07, 6.45) is 1.10. The van der Waals surface area contributed by atoms with Gasteiger partial charge < -0.3 is 10.3 Å². The first-order valence-corrected chi connectivity index (χ1v) is 4.95. The van der Waals surface area contributed by atoms with Gasteiger partial charge in [0.2, 0.25) is 0 Å². The van der Waals surface area contributed by atoms with Crippen LogP contribution in [0.3, 0.4) is 0 Å². The Kier molecular flexibility index (Phi) is 3.31. The first kappa shape index (κ1) is 12.9. The Balaban J connectivity index is 3.83. The highest BCUT2D eigenvalue weighted by Crippen LogP contribution is 2.27. The summed E-state index contributed by atoms with van der Waals surface area (Å²) in [4.78, 5) is 33.3. The maximum Gasteiger partial charge on any atom is 0.289 e. The van der Waals surface area contributed by atoms with Crippen molar-refractivity contribution in [2.24, 2.45) is 12.8 Å². The third-order valence-electron chi connectivity index (χ3n) is 2.42. The molecule has 0 radical (unpaired) electrons. The molecular formula is C10H13N3O4. The molecule has 0 saturated heterocycles. The van der Waals surface area contributed by atoms with Gasteiger partial charge in [0.1, 0.15) is 5.56 Å². The Bertz CT molecular complexity index is 545. The fourth-order valence-electron chi connectivity index (χ4n) is 1.70. The molecule has 2 N–H and O–H groups in total. The topological polar surface area (TPSA) is 108 Å². The van der Waals surface area contributed by atoms with E-state index < -0.39 is 16.4 Å². The van der Waals surface area contributed by atoms with E-state index in [1.807, 2.05) is 0 Å². The van der Waals surface area contributed by atoms with Crippen molar-refractivity contribution in [1.29, 1.82) is 0 Å². The van der Waals surface area contributed by atoms with Gasteiger partial charge in [0.25, 0.3) is 17.2 Å². The number of hydrogen-bond donors (Lipinski definition) is 1. The van der Waals surface area contributed by atoms with Gasteiger partial charge >= 0.3 is 0 Å². The maximum atomic E-state index is 11.7. The number of nitrogens with two attached hydrogens (primary N) is 1. The van der Waals surface area contributed by atoms with Crippen molar-refractivity contribution in [2.75, 3.05) is 0 Å². The molecule has 1 aromatic heterocycles. The largest absolute Gasteiger partial charge is 0.365 e. The highest BCUT2D eigenvalue weighted by Gasteiger charge is 2.27. The van der Waals surface area contributed by atoms with Crippen LogP contribution in [0, 0.1) is 10.1 Å². The van der Waals surface area contributed by atoms with Crippen molar-refractivity contribution in [3.63, 3.8) is 0 Å². The van der Waals surface area contributed by atoms with E-state index in [0.717, 1.165) is 10.8 Å². The fraction of sp³-hybridized carbons (Fsp3) is 0.400. The first-order chi connectivity index (χ1) is 7.77. The summed E-state index contributed by atoms with van der Waals surface area (Å²) in [5.74, 6) is -1.29. The Morgan fingerprint density at radius 2 is 2.06 bits per heavy atom. The van der Waals surface area contributed by atoms with Crippen molar-refractivity contribution in [3.05, 3.63) is 37.8 Å². The van der Waals surface area contributed by atoms with Gasteiger partial charge in [0.15, 0.2) is 0 Å². The Labute approximate surface area is 97.0 Å². The maximum absolute atomic E-state index is 11.7. The molecule has 0 aromatic carbocycles. The van der Waals surface area contributed by atoms with Crippen molar-refractivity contribution in [3.8, 4) is 0 Å². The van der Waals surface area contributed by atoms with E-state index in [0.29, 0.717) is 0 Å². The molecule has 1 amide bonds. The Morgan fingerprint density at radius 3 is 2.41 bits per heavy atom. The fourth-order valence-corrected chi connectivity index (χ4v) is 1.70. The molecule has 0 aliphatic heterocycles. The van der Waals surface area contributed by atoms with Crippen LogP contribution in [-0.2, 0) is 7.05 Å².